The first-order chi connectivity index (χ1) is 9.22. The molecule has 0 aromatic rings. The van der Waals surface area contributed by atoms with Gasteiger partial charge >= 0.3 is 17.9 Å². The van der Waals surface area contributed by atoms with Gasteiger partial charge in [-0.25, -0.2) is 4.39 Å². The summed E-state index contributed by atoms with van der Waals surface area (Å²) in [6.45, 7) is 4.83. The van der Waals surface area contributed by atoms with Gasteiger partial charge in [-0.05, 0) is 6.92 Å². The van der Waals surface area contributed by atoms with E-state index in [9.17, 15) is 18.8 Å². The van der Waals surface area contributed by atoms with Crippen LogP contribution in [0.2, 0.25) is 0 Å². The molecular formula is C12H17FO7. The highest BCUT2D eigenvalue weighted by molar-refractivity contribution is 5.68. The maximum Gasteiger partial charge on any atom is 0.305 e. The molecule has 0 amide bonds. The molecule has 0 N–H and O–H groups in total. The van der Waals surface area contributed by atoms with Crippen LogP contribution in [0.3, 0.4) is 0 Å². The summed E-state index contributed by atoms with van der Waals surface area (Å²) in [5, 5.41) is 0. The summed E-state index contributed by atoms with van der Waals surface area (Å²) in [5.74, 6) is -2.15. The van der Waals surface area contributed by atoms with Gasteiger partial charge in [-0.1, -0.05) is 0 Å². The molecule has 7 nitrogen and oxygen atoms in total. The Hall–Kier alpha value is -1.70. The second kappa shape index (κ2) is 6.65. The van der Waals surface area contributed by atoms with E-state index in [-0.39, 0.29) is 0 Å². The van der Waals surface area contributed by atoms with Crippen LogP contribution in [0.4, 0.5) is 4.39 Å². The minimum atomic E-state index is -1.96. The maximum absolute atomic E-state index is 14.2. The van der Waals surface area contributed by atoms with Crippen LogP contribution in [0, 0.1) is 0 Å². The molecule has 1 aliphatic heterocycles. The van der Waals surface area contributed by atoms with Crippen molar-refractivity contribution in [3.63, 3.8) is 0 Å². The molecule has 1 heterocycles. The summed E-state index contributed by atoms with van der Waals surface area (Å²) < 4.78 is 33.8. The van der Waals surface area contributed by atoms with E-state index >= 15 is 0 Å². The zero-order chi connectivity index (χ0) is 15.4. The van der Waals surface area contributed by atoms with Gasteiger partial charge in [0, 0.05) is 20.8 Å². The molecule has 2 unspecified atom stereocenters. The Morgan fingerprint density at radius 1 is 0.900 bits per heavy atom. The van der Waals surface area contributed by atoms with Crippen LogP contribution in [0.25, 0.3) is 0 Å². The minimum absolute atomic E-state index is 0.666. The first kappa shape index (κ1) is 16.4. The number of ether oxygens (including phenoxy) is 4. The van der Waals surface area contributed by atoms with E-state index in [0.29, 0.717) is 0 Å². The highest BCUT2D eigenvalue weighted by Gasteiger charge is 2.50. The van der Waals surface area contributed by atoms with Crippen molar-refractivity contribution in [2.75, 3.05) is 0 Å². The number of halogens is 1. The highest BCUT2D eigenvalue weighted by atomic mass is 19.1. The van der Waals surface area contributed by atoms with E-state index in [4.69, 9.17) is 14.2 Å². The van der Waals surface area contributed by atoms with E-state index in [1.54, 1.807) is 0 Å². The van der Waals surface area contributed by atoms with E-state index in [1.807, 2.05) is 0 Å². The lowest BCUT2D eigenvalue weighted by Gasteiger charge is -2.40. The van der Waals surface area contributed by atoms with E-state index in [2.05, 4.69) is 4.74 Å². The van der Waals surface area contributed by atoms with Gasteiger partial charge in [0.15, 0.2) is 12.2 Å². The van der Waals surface area contributed by atoms with Crippen molar-refractivity contribution >= 4 is 17.9 Å². The third-order valence-electron chi connectivity index (χ3n) is 2.60. The standard InChI is InChI=1S/C12H17FO7/c1-5-10(18-6(2)14)11(19-7(3)15)9(13)12(17-5)20-8(4)16/h5,9-12H,1-4H3/t5?,9?,10-,11-,12+/m1/s1. The SMILES string of the molecule is CC(=O)O[C@@H]1OC(C)[C@@H](OC(C)=O)[C@H](OC(C)=O)C1F. The van der Waals surface area contributed by atoms with Crippen LogP contribution in [0.5, 0.6) is 0 Å². The van der Waals surface area contributed by atoms with Crippen molar-refractivity contribution in [1.29, 1.82) is 0 Å². The molecule has 0 radical (unpaired) electrons. The van der Waals surface area contributed by atoms with Crippen LogP contribution < -0.4 is 0 Å². The van der Waals surface area contributed by atoms with Gasteiger partial charge in [0.1, 0.15) is 0 Å². The van der Waals surface area contributed by atoms with Crippen LogP contribution in [-0.4, -0.2) is 48.7 Å². The molecule has 1 rings (SSSR count). The monoisotopic (exact) mass is 292 g/mol. The molecule has 0 spiro atoms. The summed E-state index contributed by atoms with van der Waals surface area (Å²) in [6, 6.07) is 0. The second-order valence-corrected chi connectivity index (χ2v) is 4.41. The number of carbonyl (C=O) groups excluding carboxylic acids is 3. The van der Waals surface area contributed by atoms with Crippen molar-refractivity contribution < 1.29 is 37.7 Å². The van der Waals surface area contributed by atoms with Crippen molar-refractivity contribution in [3.8, 4) is 0 Å². The fourth-order valence-electron chi connectivity index (χ4n) is 1.90. The Labute approximate surface area is 115 Å². The Balaban J connectivity index is 2.93. The predicted octanol–water partition coefficient (Wildman–Crippen LogP) is 0.496. The van der Waals surface area contributed by atoms with Crippen molar-refractivity contribution in [2.45, 2.75) is 58.5 Å². The molecule has 1 fully saturated rings. The van der Waals surface area contributed by atoms with Gasteiger partial charge in [0.05, 0.1) is 6.10 Å². The van der Waals surface area contributed by atoms with E-state index in [1.165, 1.54) is 6.92 Å². The van der Waals surface area contributed by atoms with Crippen LogP contribution in [0.1, 0.15) is 27.7 Å². The lowest BCUT2D eigenvalue weighted by molar-refractivity contribution is -0.276. The molecule has 8 heteroatoms. The zero-order valence-corrected chi connectivity index (χ0v) is 11.6. The highest BCUT2D eigenvalue weighted by Crippen LogP contribution is 2.29. The van der Waals surface area contributed by atoms with Gasteiger partial charge in [-0.2, -0.15) is 0 Å². The number of esters is 3. The number of hydrogen-bond donors (Lipinski definition) is 0. The maximum atomic E-state index is 14.2. The summed E-state index contributed by atoms with van der Waals surface area (Å²) in [4.78, 5) is 33.0. The fourth-order valence-corrected chi connectivity index (χ4v) is 1.90. The summed E-state index contributed by atoms with van der Waals surface area (Å²) in [5.41, 5.74) is 0. The quantitative estimate of drug-likeness (QED) is 0.552. The molecule has 20 heavy (non-hydrogen) atoms. The first-order valence-corrected chi connectivity index (χ1v) is 6.03. The molecule has 1 aliphatic rings. The van der Waals surface area contributed by atoms with Gasteiger partial charge in [-0.15, -0.1) is 0 Å². The lowest BCUT2D eigenvalue weighted by Crippen LogP contribution is -2.58. The number of hydrogen-bond acceptors (Lipinski definition) is 7. The molecule has 0 aromatic heterocycles. The van der Waals surface area contributed by atoms with Gasteiger partial charge < -0.3 is 18.9 Å². The lowest BCUT2D eigenvalue weighted by atomic mass is 10.00. The third-order valence-corrected chi connectivity index (χ3v) is 2.60. The van der Waals surface area contributed by atoms with Crippen LogP contribution >= 0.6 is 0 Å². The van der Waals surface area contributed by atoms with Gasteiger partial charge in [0.25, 0.3) is 0 Å². The number of alkyl halides is 1. The van der Waals surface area contributed by atoms with E-state index < -0.39 is 48.7 Å². The van der Waals surface area contributed by atoms with Crippen molar-refractivity contribution in [2.24, 2.45) is 0 Å². The smallest absolute Gasteiger partial charge is 0.305 e. The molecular weight excluding hydrogens is 275 g/mol. The molecule has 0 saturated carbocycles. The van der Waals surface area contributed by atoms with Crippen molar-refractivity contribution in [1.82, 2.24) is 0 Å². The fraction of sp³-hybridized carbons (Fsp3) is 0.750. The molecule has 0 aliphatic carbocycles. The minimum Gasteiger partial charge on any atom is -0.456 e. The van der Waals surface area contributed by atoms with Gasteiger partial charge in [-0.3, -0.25) is 14.4 Å². The third kappa shape index (κ3) is 4.16. The largest absolute Gasteiger partial charge is 0.456 e. The molecule has 114 valence electrons. The molecule has 0 aromatic carbocycles. The molecule has 0 bridgehead atoms. The van der Waals surface area contributed by atoms with Crippen LogP contribution in [-0.2, 0) is 33.3 Å². The van der Waals surface area contributed by atoms with Crippen molar-refractivity contribution in [3.05, 3.63) is 0 Å². The summed E-state index contributed by atoms with van der Waals surface area (Å²) >= 11 is 0. The Bertz CT molecular complexity index is 397. The Morgan fingerprint density at radius 2 is 1.35 bits per heavy atom. The average Bonchev–Trinajstić information content (AvgIpc) is 2.28. The van der Waals surface area contributed by atoms with E-state index in [0.717, 1.165) is 20.8 Å². The zero-order valence-electron chi connectivity index (χ0n) is 11.6. The number of carbonyl (C=O) groups is 3. The molecule has 1 saturated heterocycles. The predicted molar refractivity (Wildman–Crippen MR) is 62.1 cm³/mol. The van der Waals surface area contributed by atoms with Crippen LogP contribution in [0.15, 0.2) is 0 Å². The summed E-state index contributed by atoms with van der Waals surface area (Å²) in [6.07, 6.45) is -6.79. The summed E-state index contributed by atoms with van der Waals surface area (Å²) in [7, 11) is 0. The Kier molecular flexibility index (Phi) is 5.43. The molecule has 5 atom stereocenters. The number of rotatable bonds is 3. The normalized spacial score (nSPS) is 33.1. The Morgan fingerprint density at radius 3 is 1.80 bits per heavy atom. The average molecular weight is 292 g/mol. The van der Waals surface area contributed by atoms with Gasteiger partial charge in [0.2, 0.25) is 12.5 Å². The first-order valence-electron chi connectivity index (χ1n) is 6.03. The second-order valence-electron chi connectivity index (χ2n) is 4.41. The topological polar surface area (TPSA) is 88.1 Å².